The first kappa shape index (κ1) is 53.2. The smallest absolute Gasteiger partial charge is 0.462 e. The molecule has 0 aliphatic rings. The fourth-order valence-electron chi connectivity index (χ4n) is 5.35. The van der Waals surface area contributed by atoms with Crippen LogP contribution >= 0.6 is 7.82 Å². The number of nitrogens with two attached hydrogens (primary N) is 1. The highest BCUT2D eigenvalue weighted by molar-refractivity contribution is 7.47. The normalized spacial score (nSPS) is 14.1. The van der Waals surface area contributed by atoms with Crippen molar-refractivity contribution < 1.29 is 37.6 Å². The van der Waals surface area contributed by atoms with Gasteiger partial charge in [0.2, 0.25) is 0 Å². The van der Waals surface area contributed by atoms with Crippen LogP contribution in [0.4, 0.5) is 0 Å². The third kappa shape index (κ3) is 40.8. The first-order valence-corrected chi connectivity index (χ1v) is 23.1. The quantitative estimate of drug-likeness (QED) is 0.0269. The molecular weight excluding hydrogens is 725 g/mol. The predicted octanol–water partition coefficient (Wildman–Crippen LogP) is 12.4. The zero-order chi connectivity index (χ0) is 41.1. The number of unbranched alkanes of at least 4 members (excludes halogenated alkanes) is 12. The minimum atomic E-state index is -4.40. The molecule has 0 spiro atoms. The molecule has 2 unspecified atom stereocenters. The van der Waals surface area contributed by atoms with E-state index in [1.165, 1.54) is 51.4 Å². The van der Waals surface area contributed by atoms with Crippen LogP contribution in [0.2, 0.25) is 0 Å². The maximum Gasteiger partial charge on any atom is 0.472 e. The van der Waals surface area contributed by atoms with Gasteiger partial charge in [0.25, 0.3) is 0 Å². The van der Waals surface area contributed by atoms with Crippen molar-refractivity contribution in [2.24, 2.45) is 5.73 Å². The summed E-state index contributed by atoms with van der Waals surface area (Å²) in [5.74, 6) is -0.913. The Morgan fingerprint density at radius 1 is 0.554 bits per heavy atom. The van der Waals surface area contributed by atoms with E-state index in [1.54, 1.807) is 0 Å². The van der Waals surface area contributed by atoms with Gasteiger partial charge >= 0.3 is 19.8 Å². The number of allylic oxidation sites excluding steroid dienone is 14. The van der Waals surface area contributed by atoms with E-state index in [9.17, 15) is 19.0 Å². The lowest BCUT2D eigenvalue weighted by Gasteiger charge is -2.19. The molecule has 320 valence electrons. The molecule has 56 heavy (non-hydrogen) atoms. The van der Waals surface area contributed by atoms with E-state index in [1.807, 2.05) is 6.08 Å². The second kappa shape index (κ2) is 41.8. The van der Waals surface area contributed by atoms with Gasteiger partial charge in [-0.2, -0.15) is 0 Å². The van der Waals surface area contributed by atoms with Crippen molar-refractivity contribution in [3.05, 3.63) is 85.1 Å². The highest BCUT2D eigenvalue weighted by atomic mass is 31.2. The van der Waals surface area contributed by atoms with Crippen molar-refractivity contribution in [2.75, 3.05) is 26.4 Å². The van der Waals surface area contributed by atoms with Crippen LogP contribution in [0.25, 0.3) is 0 Å². The summed E-state index contributed by atoms with van der Waals surface area (Å²) in [6.07, 6.45) is 51.9. The summed E-state index contributed by atoms with van der Waals surface area (Å²) in [4.78, 5) is 34.8. The van der Waals surface area contributed by atoms with Gasteiger partial charge in [-0.3, -0.25) is 18.6 Å². The molecule has 0 aromatic heterocycles. The molecule has 0 saturated heterocycles. The molecule has 10 heteroatoms. The van der Waals surface area contributed by atoms with Gasteiger partial charge < -0.3 is 20.1 Å². The number of hydrogen-bond acceptors (Lipinski definition) is 8. The van der Waals surface area contributed by atoms with E-state index in [0.717, 1.165) is 64.2 Å². The molecule has 0 aliphatic heterocycles. The molecule has 0 heterocycles. The van der Waals surface area contributed by atoms with E-state index in [0.29, 0.717) is 19.3 Å². The van der Waals surface area contributed by atoms with E-state index in [4.69, 9.17) is 24.3 Å². The molecule has 0 saturated carbocycles. The van der Waals surface area contributed by atoms with Gasteiger partial charge in [-0.15, -0.1) is 0 Å². The van der Waals surface area contributed by atoms with E-state index < -0.39 is 32.5 Å². The van der Waals surface area contributed by atoms with E-state index in [2.05, 4.69) is 92.8 Å². The van der Waals surface area contributed by atoms with Gasteiger partial charge in [0, 0.05) is 19.4 Å². The molecule has 3 N–H and O–H groups in total. The molecule has 0 amide bonds. The Bertz CT molecular complexity index is 1190. The van der Waals surface area contributed by atoms with Crippen molar-refractivity contribution in [3.8, 4) is 0 Å². The van der Waals surface area contributed by atoms with Crippen molar-refractivity contribution in [1.82, 2.24) is 0 Å². The number of ether oxygens (including phenoxy) is 2. The lowest BCUT2D eigenvalue weighted by molar-refractivity contribution is -0.161. The first-order valence-electron chi connectivity index (χ1n) is 21.6. The molecular formula is C46H78NO8P. The van der Waals surface area contributed by atoms with Gasteiger partial charge in [0.1, 0.15) is 6.61 Å². The van der Waals surface area contributed by atoms with Crippen molar-refractivity contribution in [3.63, 3.8) is 0 Å². The second-order valence-electron chi connectivity index (χ2n) is 13.8. The molecule has 9 nitrogen and oxygen atoms in total. The Labute approximate surface area is 341 Å². The fraction of sp³-hybridized carbons (Fsp3) is 0.652. The number of carbonyl (C=O) groups excluding carboxylic acids is 2. The van der Waals surface area contributed by atoms with Gasteiger partial charge in [0.05, 0.1) is 13.2 Å². The molecule has 0 radical (unpaired) electrons. The third-order valence-corrected chi connectivity index (χ3v) is 9.50. The Kier molecular flexibility index (Phi) is 39.7. The second-order valence-corrected chi connectivity index (χ2v) is 15.3. The largest absolute Gasteiger partial charge is 0.472 e. The van der Waals surface area contributed by atoms with Crippen LogP contribution in [-0.2, 0) is 32.7 Å². The first-order chi connectivity index (χ1) is 27.3. The molecule has 0 aromatic carbocycles. The molecule has 2 atom stereocenters. The summed E-state index contributed by atoms with van der Waals surface area (Å²) < 4.78 is 32.7. The average Bonchev–Trinajstić information content (AvgIpc) is 3.18. The van der Waals surface area contributed by atoms with Crippen LogP contribution in [0.3, 0.4) is 0 Å². The molecule has 0 bridgehead atoms. The van der Waals surface area contributed by atoms with E-state index >= 15 is 0 Å². The molecule has 0 fully saturated rings. The summed E-state index contributed by atoms with van der Waals surface area (Å²) in [5.41, 5.74) is 5.34. The Hall–Kier alpha value is -2.81. The van der Waals surface area contributed by atoms with Gasteiger partial charge in [-0.25, -0.2) is 4.57 Å². The summed E-state index contributed by atoms with van der Waals surface area (Å²) in [6.45, 7) is 3.51. The molecule has 0 aromatic rings. The van der Waals surface area contributed by atoms with Crippen LogP contribution in [-0.4, -0.2) is 49.3 Å². The van der Waals surface area contributed by atoms with Crippen LogP contribution in [0.5, 0.6) is 0 Å². The monoisotopic (exact) mass is 804 g/mol. The highest BCUT2D eigenvalue weighted by Crippen LogP contribution is 2.43. The van der Waals surface area contributed by atoms with Crippen molar-refractivity contribution in [2.45, 2.75) is 168 Å². The Morgan fingerprint density at radius 2 is 1.00 bits per heavy atom. The highest BCUT2D eigenvalue weighted by Gasteiger charge is 2.25. The van der Waals surface area contributed by atoms with Crippen molar-refractivity contribution >= 4 is 19.8 Å². The number of phosphoric acid groups is 1. The maximum absolute atomic E-state index is 12.6. The standard InChI is InChI=1S/C46H78NO8P/c1-3-5-7-9-11-13-15-17-19-21-23-24-26-28-30-32-34-36-38-45(48)52-42-44(43-54-56(50,51)53-41-40-47)55-46(49)39-37-35-33-31-29-27-25-22-20-18-16-14-12-10-8-6-4-2/h6,8,12-15,18-21,25,27,31,33,44H,3-5,7,9-11,16-17,22-24,26,28-30,32,34-43,47H2,1-2H3,(H,50,51)/b8-6-,14-12-,15-13-,20-18-,21-19-,27-25-,33-31-. The zero-order valence-electron chi connectivity index (χ0n) is 35.1. The SMILES string of the molecule is CC/C=C\C/C=C\C/C=C\C/C=C\C/C=C\CCCC(=O)OC(COC(=O)CCCCCCCCC/C=C\C/C=C\CCCCCC)COP(=O)(O)OCCN. The van der Waals surface area contributed by atoms with Crippen LogP contribution in [0.15, 0.2) is 85.1 Å². The summed E-state index contributed by atoms with van der Waals surface area (Å²) in [7, 11) is -4.40. The van der Waals surface area contributed by atoms with Crippen LogP contribution < -0.4 is 5.73 Å². The molecule has 0 rings (SSSR count). The Morgan fingerprint density at radius 3 is 1.52 bits per heavy atom. The van der Waals surface area contributed by atoms with Gasteiger partial charge in [0.15, 0.2) is 6.10 Å². The number of esters is 2. The number of phosphoric ester groups is 1. The average molecular weight is 804 g/mol. The number of carbonyl (C=O) groups is 2. The van der Waals surface area contributed by atoms with E-state index in [-0.39, 0.29) is 32.6 Å². The van der Waals surface area contributed by atoms with Gasteiger partial charge in [-0.05, 0) is 83.5 Å². The maximum atomic E-state index is 12.6. The third-order valence-electron chi connectivity index (χ3n) is 8.52. The zero-order valence-corrected chi connectivity index (χ0v) is 36.0. The predicted molar refractivity (Wildman–Crippen MR) is 233 cm³/mol. The van der Waals surface area contributed by atoms with Crippen LogP contribution in [0.1, 0.15) is 162 Å². The fourth-order valence-corrected chi connectivity index (χ4v) is 6.11. The minimum absolute atomic E-state index is 0.0387. The van der Waals surface area contributed by atoms with Gasteiger partial charge in [-0.1, -0.05) is 150 Å². The lowest BCUT2D eigenvalue weighted by Crippen LogP contribution is -2.29. The lowest BCUT2D eigenvalue weighted by atomic mass is 10.1. The Balaban J connectivity index is 4.28. The minimum Gasteiger partial charge on any atom is -0.462 e. The van der Waals surface area contributed by atoms with Crippen LogP contribution in [0, 0.1) is 0 Å². The molecule has 0 aliphatic carbocycles. The summed E-state index contributed by atoms with van der Waals surface area (Å²) in [6, 6.07) is 0. The van der Waals surface area contributed by atoms with Crippen molar-refractivity contribution in [1.29, 1.82) is 0 Å². The topological polar surface area (TPSA) is 134 Å². The number of hydrogen-bond donors (Lipinski definition) is 2. The summed E-state index contributed by atoms with van der Waals surface area (Å²) in [5, 5.41) is 0. The summed E-state index contributed by atoms with van der Waals surface area (Å²) >= 11 is 0. The number of rotatable bonds is 39.